The molecule has 1 saturated carbocycles. The third kappa shape index (κ3) is 3.25. The largest absolute Gasteiger partial charge is 0.474 e. The molecule has 2 aliphatic rings. The van der Waals surface area contributed by atoms with Crippen molar-refractivity contribution in [2.45, 2.75) is 37.7 Å². The van der Waals surface area contributed by atoms with Gasteiger partial charge in [-0.05, 0) is 25.0 Å². The van der Waals surface area contributed by atoms with Crippen molar-refractivity contribution in [1.82, 2.24) is 19.9 Å². The van der Waals surface area contributed by atoms with Gasteiger partial charge in [0.1, 0.15) is 11.6 Å². The van der Waals surface area contributed by atoms with E-state index in [-0.39, 0.29) is 6.10 Å². The molecule has 0 amide bonds. The van der Waals surface area contributed by atoms with E-state index >= 15 is 0 Å². The molecule has 5 rings (SSSR count). The molecule has 0 unspecified atom stereocenters. The Labute approximate surface area is 157 Å². The number of fused-ring (bicyclic) bond motifs is 1. The van der Waals surface area contributed by atoms with Gasteiger partial charge in [0.05, 0.1) is 11.2 Å². The number of pyridine rings is 2. The fourth-order valence-corrected chi connectivity index (χ4v) is 3.67. The zero-order valence-corrected chi connectivity index (χ0v) is 15.1. The highest BCUT2D eigenvalue weighted by Gasteiger charge is 2.29. The topological polar surface area (TPSA) is 90.0 Å². The van der Waals surface area contributed by atoms with E-state index in [0.717, 1.165) is 48.5 Å². The predicted octanol–water partition coefficient (Wildman–Crippen LogP) is 2.93. The molecule has 7 heteroatoms. The molecule has 0 bridgehead atoms. The molecular weight excluding hydrogens is 340 g/mol. The number of hydrogen-bond acceptors (Lipinski definition) is 7. The molecule has 3 aromatic rings. The zero-order chi connectivity index (χ0) is 18.2. The molecule has 7 nitrogen and oxygen atoms in total. The monoisotopic (exact) mass is 362 g/mol. The molecule has 0 radical (unpaired) electrons. The zero-order valence-electron chi connectivity index (χ0n) is 15.1. The minimum Gasteiger partial charge on any atom is -0.474 e. The van der Waals surface area contributed by atoms with E-state index in [4.69, 9.17) is 15.5 Å². The van der Waals surface area contributed by atoms with Crippen molar-refractivity contribution < 1.29 is 4.74 Å². The van der Waals surface area contributed by atoms with Crippen LogP contribution in [0.5, 0.6) is 5.88 Å². The summed E-state index contributed by atoms with van der Waals surface area (Å²) < 4.78 is 5.98. The number of ether oxygens (including phenoxy) is 1. The molecule has 138 valence electrons. The first-order valence-electron chi connectivity index (χ1n) is 9.52. The number of hydrogen-bond donors (Lipinski definition) is 1. The van der Waals surface area contributed by atoms with Crippen LogP contribution in [0.3, 0.4) is 0 Å². The van der Waals surface area contributed by atoms with Crippen molar-refractivity contribution in [3.8, 4) is 5.88 Å². The lowest BCUT2D eigenvalue weighted by Gasteiger charge is -2.33. The predicted molar refractivity (Wildman–Crippen MR) is 104 cm³/mol. The summed E-state index contributed by atoms with van der Waals surface area (Å²) in [6.07, 6.45) is 7.89. The highest BCUT2D eigenvalue weighted by Crippen LogP contribution is 2.41. The number of aromatic nitrogens is 4. The van der Waals surface area contributed by atoms with Crippen LogP contribution >= 0.6 is 0 Å². The van der Waals surface area contributed by atoms with E-state index in [9.17, 15) is 0 Å². The van der Waals surface area contributed by atoms with E-state index in [2.05, 4.69) is 19.9 Å². The normalized spacial score (nSPS) is 18.0. The molecule has 27 heavy (non-hydrogen) atoms. The molecule has 0 spiro atoms. The summed E-state index contributed by atoms with van der Waals surface area (Å²) in [5, 5.41) is 0. The second kappa shape index (κ2) is 6.64. The van der Waals surface area contributed by atoms with Crippen molar-refractivity contribution in [2.24, 2.45) is 0 Å². The van der Waals surface area contributed by atoms with Gasteiger partial charge in [-0.1, -0.05) is 6.07 Å². The lowest BCUT2D eigenvalue weighted by atomic mass is 10.1. The maximum atomic E-state index is 6.24. The van der Waals surface area contributed by atoms with Crippen molar-refractivity contribution in [1.29, 1.82) is 0 Å². The summed E-state index contributed by atoms with van der Waals surface area (Å²) in [5.74, 6) is 2.46. The molecular formula is C20H22N6O. The third-order valence-corrected chi connectivity index (χ3v) is 5.25. The van der Waals surface area contributed by atoms with Gasteiger partial charge in [0, 0.05) is 50.3 Å². The van der Waals surface area contributed by atoms with Gasteiger partial charge in [0.2, 0.25) is 5.88 Å². The first kappa shape index (κ1) is 16.2. The van der Waals surface area contributed by atoms with Gasteiger partial charge in [0.15, 0.2) is 11.6 Å². The summed E-state index contributed by atoms with van der Waals surface area (Å²) in [7, 11) is 0. The lowest BCUT2D eigenvalue weighted by molar-refractivity contribution is 0.164. The highest BCUT2D eigenvalue weighted by molar-refractivity contribution is 5.82. The summed E-state index contributed by atoms with van der Waals surface area (Å²) in [5.41, 5.74) is 9.04. The number of rotatable bonds is 4. The van der Waals surface area contributed by atoms with Gasteiger partial charge in [0.25, 0.3) is 0 Å². The highest BCUT2D eigenvalue weighted by atomic mass is 16.5. The number of nitrogen functional groups attached to an aromatic ring is 1. The van der Waals surface area contributed by atoms with Crippen LogP contribution in [0.2, 0.25) is 0 Å². The first-order valence-corrected chi connectivity index (χ1v) is 9.52. The van der Waals surface area contributed by atoms with Gasteiger partial charge in [-0.3, -0.25) is 4.98 Å². The number of anilines is 2. The maximum absolute atomic E-state index is 6.24. The first-order chi connectivity index (χ1) is 13.3. The van der Waals surface area contributed by atoms with Crippen LogP contribution in [-0.4, -0.2) is 39.1 Å². The second-order valence-corrected chi connectivity index (χ2v) is 7.24. The Morgan fingerprint density at radius 2 is 1.81 bits per heavy atom. The molecule has 2 N–H and O–H groups in total. The van der Waals surface area contributed by atoms with E-state index in [1.807, 2.05) is 30.5 Å². The number of piperidine rings is 1. The van der Waals surface area contributed by atoms with Crippen molar-refractivity contribution in [3.05, 3.63) is 42.4 Å². The van der Waals surface area contributed by atoms with Crippen LogP contribution in [0.15, 0.2) is 36.7 Å². The second-order valence-electron chi connectivity index (χ2n) is 7.24. The summed E-state index contributed by atoms with van der Waals surface area (Å²) >= 11 is 0. The van der Waals surface area contributed by atoms with Gasteiger partial charge in [-0.2, -0.15) is 0 Å². The summed E-state index contributed by atoms with van der Waals surface area (Å²) in [6.45, 7) is 1.67. The van der Waals surface area contributed by atoms with Crippen LogP contribution in [0.1, 0.15) is 37.3 Å². The van der Waals surface area contributed by atoms with E-state index in [1.165, 1.54) is 12.8 Å². The van der Waals surface area contributed by atoms with E-state index < -0.39 is 0 Å². The number of nitrogens with zero attached hydrogens (tertiary/aromatic N) is 5. The van der Waals surface area contributed by atoms with Gasteiger partial charge >= 0.3 is 0 Å². The molecule has 3 aromatic heterocycles. The van der Waals surface area contributed by atoms with Crippen LogP contribution in [-0.2, 0) is 0 Å². The Kier molecular flexibility index (Phi) is 3.99. The minimum absolute atomic E-state index is 0.162. The summed E-state index contributed by atoms with van der Waals surface area (Å²) in [4.78, 5) is 20.5. The summed E-state index contributed by atoms with van der Waals surface area (Å²) in [6, 6.07) is 7.61. The van der Waals surface area contributed by atoms with Crippen molar-refractivity contribution in [3.63, 3.8) is 0 Å². The van der Waals surface area contributed by atoms with Gasteiger partial charge in [-0.15, -0.1) is 0 Å². The van der Waals surface area contributed by atoms with Crippen LogP contribution in [0.4, 0.5) is 11.6 Å². The molecule has 1 aliphatic carbocycles. The molecule has 0 aromatic carbocycles. The van der Waals surface area contributed by atoms with Crippen molar-refractivity contribution in [2.75, 3.05) is 23.7 Å². The Morgan fingerprint density at radius 1 is 0.963 bits per heavy atom. The van der Waals surface area contributed by atoms with E-state index in [0.29, 0.717) is 17.6 Å². The average molecular weight is 362 g/mol. The van der Waals surface area contributed by atoms with Crippen LogP contribution in [0, 0.1) is 0 Å². The van der Waals surface area contributed by atoms with Gasteiger partial charge < -0.3 is 15.4 Å². The fraction of sp³-hybridized carbons (Fsp3) is 0.400. The van der Waals surface area contributed by atoms with Gasteiger partial charge in [-0.25, -0.2) is 15.0 Å². The maximum Gasteiger partial charge on any atom is 0.213 e. The molecule has 1 saturated heterocycles. The number of nitrogens with two attached hydrogens (primary N) is 1. The quantitative estimate of drug-likeness (QED) is 0.763. The lowest BCUT2D eigenvalue weighted by Crippen LogP contribution is -2.39. The molecule has 4 heterocycles. The molecule has 2 fully saturated rings. The SMILES string of the molecule is Nc1nc2ccnc(C3CC3)c2nc1N1CCC(Oc2ccccn2)CC1. The minimum atomic E-state index is 0.162. The fourth-order valence-electron chi connectivity index (χ4n) is 3.67. The van der Waals surface area contributed by atoms with Crippen LogP contribution in [0.25, 0.3) is 11.0 Å². The molecule has 1 aliphatic heterocycles. The van der Waals surface area contributed by atoms with Crippen molar-refractivity contribution >= 4 is 22.7 Å². The third-order valence-electron chi connectivity index (χ3n) is 5.25. The Hall–Kier alpha value is -2.96. The van der Waals surface area contributed by atoms with E-state index in [1.54, 1.807) is 6.20 Å². The molecule has 0 atom stereocenters. The Bertz CT molecular complexity index is 951. The average Bonchev–Trinajstić information content (AvgIpc) is 3.54. The smallest absolute Gasteiger partial charge is 0.213 e. The van der Waals surface area contributed by atoms with Crippen LogP contribution < -0.4 is 15.4 Å². The Morgan fingerprint density at radius 3 is 2.56 bits per heavy atom. The standard InChI is InChI=1S/C20H22N6O/c21-19-20(25-18-15(24-19)6-10-23-17(18)13-4-5-13)26-11-7-14(8-12-26)27-16-3-1-2-9-22-16/h1-3,6,9-10,13-14H,4-5,7-8,11-12H2,(H2,21,24). The Balaban J connectivity index is 1.35.